The van der Waals surface area contributed by atoms with Gasteiger partial charge in [0.2, 0.25) is 0 Å². The fraction of sp³-hybridized carbons (Fsp3) is 0.462. The van der Waals surface area contributed by atoms with Crippen LogP contribution in [0.3, 0.4) is 0 Å². The zero-order valence-electron chi connectivity index (χ0n) is 10.5. The van der Waals surface area contributed by atoms with E-state index in [1.807, 2.05) is 40.7 Å². The summed E-state index contributed by atoms with van der Waals surface area (Å²) in [5.41, 5.74) is 2.00. The fourth-order valence-corrected chi connectivity index (χ4v) is 2.57. The van der Waals surface area contributed by atoms with Crippen molar-refractivity contribution in [3.05, 3.63) is 35.2 Å². The molecule has 0 saturated carbocycles. The molecule has 0 unspecified atom stereocenters. The van der Waals surface area contributed by atoms with Gasteiger partial charge in [-0.3, -0.25) is 0 Å². The Hall–Kier alpha value is -0.710. The van der Waals surface area contributed by atoms with Crippen molar-refractivity contribution in [2.45, 2.75) is 19.9 Å². The number of nitrogens with zero attached hydrogens (tertiary/aromatic N) is 2. The third kappa shape index (κ3) is 3.90. The quantitative estimate of drug-likeness (QED) is 0.791. The molecule has 0 aromatic carbocycles. The van der Waals surface area contributed by atoms with Gasteiger partial charge in [0.1, 0.15) is 5.65 Å². The molecule has 5 heteroatoms. The largest absolute Gasteiger partial charge is 0.311 e. The summed E-state index contributed by atoms with van der Waals surface area (Å²) < 4.78 is 1.96. The van der Waals surface area contributed by atoms with Gasteiger partial charge in [0.15, 0.2) is 0 Å². The zero-order valence-corrected chi connectivity index (χ0v) is 12.1. The van der Waals surface area contributed by atoms with E-state index >= 15 is 0 Å². The van der Waals surface area contributed by atoms with E-state index in [0.717, 1.165) is 29.5 Å². The van der Waals surface area contributed by atoms with Crippen molar-refractivity contribution in [3.8, 4) is 0 Å². The van der Waals surface area contributed by atoms with Gasteiger partial charge in [0.05, 0.1) is 10.7 Å². The van der Waals surface area contributed by atoms with Crippen LogP contribution in [0.15, 0.2) is 24.5 Å². The van der Waals surface area contributed by atoms with Crippen LogP contribution in [-0.4, -0.2) is 27.4 Å². The van der Waals surface area contributed by atoms with Crippen LogP contribution in [0, 0.1) is 0 Å². The number of nitrogens with one attached hydrogen (secondary N) is 1. The highest BCUT2D eigenvalue weighted by Gasteiger charge is 2.01. The van der Waals surface area contributed by atoms with Crippen LogP contribution >= 0.6 is 23.4 Å². The molecule has 0 amide bonds. The van der Waals surface area contributed by atoms with Gasteiger partial charge in [-0.15, -0.1) is 0 Å². The molecule has 0 radical (unpaired) electrons. The molecule has 0 aliphatic heterocycles. The van der Waals surface area contributed by atoms with Gasteiger partial charge in [-0.25, -0.2) is 4.98 Å². The number of fused-ring (bicyclic) bond motifs is 1. The van der Waals surface area contributed by atoms with E-state index in [4.69, 9.17) is 11.6 Å². The second-order valence-corrected chi connectivity index (χ2v) is 5.90. The number of thioether (sulfide) groups is 1. The van der Waals surface area contributed by atoms with E-state index in [0.29, 0.717) is 0 Å². The van der Waals surface area contributed by atoms with E-state index in [2.05, 4.69) is 17.2 Å². The van der Waals surface area contributed by atoms with Gasteiger partial charge in [-0.2, -0.15) is 11.8 Å². The minimum Gasteiger partial charge on any atom is -0.311 e. The standard InChI is InChI=1S/C13H18ClN3S/c1-2-18-7-3-6-15-8-12-10-17-9-11(14)4-5-13(17)16-12/h4-5,9-10,15H,2-3,6-8H2,1H3. The van der Waals surface area contributed by atoms with Crippen LogP contribution in [0.5, 0.6) is 0 Å². The Labute approximate surface area is 117 Å². The summed E-state index contributed by atoms with van der Waals surface area (Å²) in [5.74, 6) is 2.43. The Morgan fingerprint density at radius 3 is 3.11 bits per heavy atom. The Bertz CT molecular complexity index is 498. The minimum absolute atomic E-state index is 0.732. The Balaban J connectivity index is 1.81. The fourth-order valence-electron chi connectivity index (χ4n) is 1.76. The molecule has 0 aliphatic rings. The predicted octanol–water partition coefficient (Wildman–Crippen LogP) is 3.22. The summed E-state index contributed by atoms with van der Waals surface area (Å²) in [7, 11) is 0. The van der Waals surface area contributed by atoms with Crippen molar-refractivity contribution in [3.63, 3.8) is 0 Å². The van der Waals surface area contributed by atoms with Gasteiger partial charge in [-0.1, -0.05) is 18.5 Å². The third-order valence-corrected chi connectivity index (χ3v) is 3.83. The first-order chi connectivity index (χ1) is 8.79. The first-order valence-electron chi connectivity index (χ1n) is 6.21. The van der Waals surface area contributed by atoms with Crippen LogP contribution in [0.25, 0.3) is 5.65 Å². The molecule has 3 nitrogen and oxygen atoms in total. The molecular formula is C13H18ClN3S. The maximum absolute atomic E-state index is 5.94. The second kappa shape index (κ2) is 7.02. The Morgan fingerprint density at radius 1 is 1.39 bits per heavy atom. The summed E-state index contributed by atoms with van der Waals surface area (Å²) >= 11 is 7.92. The van der Waals surface area contributed by atoms with Crippen LogP contribution in [0.1, 0.15) is 19.0 Å². The normalized spacial score (nSPS) is 11.2. The van der Waals surface area contributed by atoms with E-state index in [1.165, 1.54) is 17.9 Å². The van der Waals surface area contributed by atoms with Crippen LogP contribution in [0.4, 0.5) is 0 Å². The molecule has 2 aromatic rings. The molecule has 2 aromatic heterocycles. The van der Waals surface area contributed by atoms with Gasteiger partial charge in [0, 0.05) is 18.9 Å². The number of hydrogen-bond acceptors (Lipinski definition) is 3. The van der Waals surface area contributed by atoms with Crippen molar-refractivity contribution in [1.82, 2.24) is 14.7 Å². The first-order valence-corrected chi connectivity index (χ1v) is 7.74. The second-order valence-electron chi connectivity index (χ2n) is 4.07. The van der Waals surface area contributed by atoms with Crippen molar-refractivity contribution in [2.75, 3.05) is 18.1 Å². The average Bonchev–Trinajstić information content (AvgIpc) is 2.75. The summed E-state index contributed by atoms with van der Waals surface area (Å²) in [4.78, 5) is 4.52. The molecule has 1 N–H and O–H groups in total. The molecule has 0 atom stereocenters. The molecule has 0 fully saturated rings. The Morgan fingerprint density at radius 2 is 2.28 bits per heavy atom. The lowest BCUT2D eigenvalue weighted by molar-refractivity contribution is 0.670. The third-order valence-electron chi connectivity index (χ3n) is 2.62. The SMILES string of the molecule is CCSCCCNCc1cn2cc(Cl)ccc2n1. The molecule has 18 heavy (non-hydrogen) atoms. The molecular weight excluding hydrogens is 266 g/mol. The molecule has 0 bridgehead atoms. The lowest BCUT2D eigenvalue weighted by atomic mass is 10.4. The van der Waals surface area contributed by atoms with Crippen molar-refractivity contribution in [1.29, 1.82) is 0 Å². The highest BCUT2D eigenvalue weighted by molar-refractivity contribution is 7.99. The lowest BCUT2D eigenvalue weighted by Gasteiger charge is -2.01. The van der Waals surface area contributed by atoms with Crippen LogP contribution in [-0.2, 0) is 6.54 Å². The van der Waals surface area contributed by atoms with Crippen LogP contribution in [0.2, 0.25) is 5.02 Å². The van der Waals surface area contributed by atoms with Gasteiger partial charge >= 0.3 is 0 Å². The van der Waals surface area contributed by atoms with Crippen LogP contribution < -0.4 is 5.32 Å². The van der Waals surface area contributed by atoms with E-state index in [9.17, 15) is 0 Å². The minimum atomic E-state index is 0.732. The zero-order chi connectivity index (χ0) is 12.8. The van der Waals surface area contributed by atoms with E-state index < -0.39 is 0 Å². The number of imidazole rings is 1. The summed E-state index contributed by atoms with van der Waals surface area (Å²) in [6, 6.07) is 3.80. The highest BCUT2D eigenvalue weighted by atomic mass is 35.5. The van der Waals surface area contributed by atoms with Crippen molar-refractivity contribution >= 4 is 29.0 Å². The maximum Gasteiger partial charge on any atom is 0.137 e. The molecule has 0 saturated heterocycles. The van der Waals surface area contributed by atoms with E-state index in [1.54, 1.807) is 0 Å². The van der Waals surface area contributed by atoms with Gasteiger partial charge in [-0.05, 0) is 36.6 Å². The lowest BCUT2D eigenvalue weighted by Crippen LogP contribution is -2.15. The number of pyridine rings is 1. The molecule has 0 spiro atoms. The summed E-state index contributed by atoms with van der Waals surface area (Å²) in [6.45, 7) is 4.05. The molecule has 98 valence electrons. The highest BCUT2D eigenvalue weighted by Crippen LogP contribution is 2.11. The van der Waals surface area contributed by atoms with Crippen molar-refractivity contribution in [2.24, 2.45) is 0 Å². The Kier molecular flexibility index (Phi) is 5.35. The topological polar surface area (TPSA) is 29.3 Å². The van der Waals surface area contributed by atoms with Gasteiger partial charge < -0.3 is 9.72 Å². The monoisotopic (exact) mass is 283 g/mol. The summed E-state index contributed by atoms with van der Waals surface area (Å²) in [5, 5.41) is 4.15. The maximum atomic E-state index is 5.94. The summed E-state index contributed by atoms with van der Waals surface area (Å²) in [6.07, 6.45) is 5.11. The number of halogens is 1. The number of aromatic nitrogens is 2. The first kappa shape index (κ1) is 13.7. The smallest absolute Gasteiger partial charge is 0.137 e. The molecule has 0 aliphatic carbocycles. The molecule has 2 rings (SSSR count). The number of hydrogen-bond donors (Lipinski definition) is 1. The number of rotatable bonds is 7. The van der Waals surface area contributed by atoms with Crippen molar-refractivity contribution < 1.29 is 0 Å². The average molecular weight is 284 g/mol. The molecule has 2 heterocycles. The van der Waals surface area contributed by atoms with E-state index in [-0.39, 0.29) is 0 Å². The van der Waals surface area contributed by atoms with Gasteiger partial charge in [0.25, 0.3) is 0 Å². The predicted molar refractivity (Wildman–Crippen MR) is 79.5 cm³/mol.